The zero-order valence-electron chi connectivity index (χ0n) is 12.7. The van der Waals surface area contributed by atoms with Gasteiger partial charge in [-0.1, -0.05) is 45.0 Å². The molecule has 0 saturated heterocycles. The summed E-state index contributed by atoms with van der Waals surface area (Å²) in [6.07, 6.45) is 3.54. The van der Waals surface area contributed by atoms with E-state index < -0.39 is 0 Å². The maximum atomic E-state index is 4.29. The fraction of sp³-hybridized carbons (Fsp3) is 0.412. The predicted octanol–water partition coefficient (Wildman–Crippen LogP) is 4.23. The first-order chi connectivity index (χ1) is 9.59. The van der Waals surface area contributed by atoms with Crippen molar-refractivity contribution in [1.29, 1.82) is 0 Å². The van der Waals surface area contributed by atoms with E-state index in [0.29, 0.717) is 17.8 Å². The molecule has 0 fully saturated rings. The third-order valence-electron chi connectivity index (χ3n) is 3.95. The highest BCUT2D eigenvalue weighted by Gasteiger charge is 2.23. The van der Waals surface area contributed by atoms with Gasteiger partial charge in [-0.05, 0) is 36.0 Å². The van der Waals surface area contributed by atoms with Crippen molar-refractivity contribution in [2.45, 2.75) is 33.7 Å². The Labute approximate surface area is 121 Å². The van der Waals surface area contributed by atoms with Crippen molar-refractivity contribution in [3.05, 3.63) is 53.9 Å². The van der Waals surface area contributed by atoms with Crippen LogP contribution in [0.4, 0.5) is 5.95 Å². The lowest BCUT2D eigenvalue weighted by Gasteiger charge is -2.29. The Kier molecular flexibility index (Phi) is 4.72. The van der Waals surface area contributed by atoms with Gasteiger partial charge in [0.05, 0.1) is 6.04 Å². The number of benzene rings is 1. The summed E-state index contributed by atoms with van der Waals surface area (Å²) >= 11 is 0. The molecular weight excluding hydrogens is 246 g/mol. The Morgan fingerprint density at radius 1 is 0.950 bits per heavy atom. The highest BCUT2D eigenvalue weighted by Crippen LogP contribution is 2.31. The lowest BCUT2D eigenvalue weighted by atomic mass is 9.84. The highest BCUT2D eigenvalue weighted by atomic mass is 15.1. The first kappa shape index (κ1) is 14.5. The molecule has 0 aliphatic rings. The molecule has 2 atom stereocenters. The minimum absolute atomic E-state index is 0.221. The van der Waals surface area contributed by atoms with Gasteiger partial charge in [-0.15, -0.1) is 0 Å². The second-order valence-electron chi connectivity index (χ2n) is 5.65. The van der Waals surface area contributed by atoms with Crippen molar-refractivity contribution in [2.24, 2.45) is 11.8 Å². The molecule has 3 nitrogen and oxygen atoms in total. The molecule has 0 radical (unpaired) electrons. The van der Waals surface area contributed by atoms with Crippen molar-refractivity contribution in [1.82, 2.24) is 9.97 Å². The van der Waals surface area contributed by atoms with Crippen LogP contribution in [-0.4, -0.2) is 9.97 Å². The molecule has 2 aromatic rings. The third kappa shape index (κ3) is 3.35. The maximum Gasteiger partial charge on any atom is 0.223 e. The maximum absolute atomic E-state index is 4.29. The molecule has 0 saturated carbocycles. The van der Waals surface area contributed by atoms with Gasteiger partial charge < -0.3 is 5.32 Å². The molecule has 1 aromatic carbocycles. The van der Waals surface area contributed by atoms with E-state index in [-0.39, 0.29) is 6.04 Å². The summed E-state index contributed by atoms with van der Waals surface area (Å²) in [5, 5.41) is 3.50. The van der Waals surface area contributed by atoms with Crippen molar-refractivity contribution >= 4 is 5.95 Å². The number of aromatic nitrogens is 2. The third-order valence-corrected chi connectivity index (χ3v) is 3.95. The zero-order chi connectivity index (χ0) is 14.5. The predicted molar refractivity (Wildman–Crippen MR) is 83.6 cm³/mol. The number of nitrogens with one attached hydrogen (secondary N) is 1. The standard InChI is InChI=1S/C17H23N3/c1-12(2)14(4)16(15-9-6-5-8-13(15)3)20-17-18-10-7-11-19-17/h5-12,14,16H,1-4H3,(H,18,19,20)/t14-,16?/m0/s1. The van der Waals surface area contributed by atoms with E-state index in [0.717, 1.165) is 0 Å². The van der Waals surface area contributed by atoms with E-state index in [1.807, 2.05) is 6.07 Å². The molecule has 3 heteroatoms. The minimum atomic E-state index is 0.221. The number of anilines is 1. The van der Waals surface area contributed by atoms with Crippen LogP contribution >= 0.6 is 0 Å². The van der Waals surface area contributed by atoms with Gasteiger partial charge in [0.2, 0.25) is 5.95 Å². The fourth-order valence-electron chi connectivity index (χ4n) is 2.33. The van der Waals surface area contributed by atoms with Crippen LogP contribution in [0.1, 0.15) is 37.9 Å². The van der Waals surface area contributed by atoms with Crippen molar-refractivity contribution in [2.75, 3.05) is 5.32 Å². The van der Waals surface area contributed by atoms with Crippen LogP contribution in [0, 0.1) is 18.8 Å². The number of hydrogen-bond acceptors (Lipinski definition) is 3. The van der Waals surface area contributed by atoms with E-state index in [1.165, 1.54) is 11.1 Å². The van der Waals surface area contributed by atoms with Gasteiger partial charge in [-0.25, -0.2) is 9.97 Å². The minimum Gasteiger partial charge on any atom is -0.347 e. The van der Waals surface area contributed by atoms with Crippen LogP contribution in [0.15, 0.2) is 42.7 Å². The van der Waals surface area contributed by atoms with Crippen LogP contribution in [0.5, 0.6) is 0 Å². The second-order valence-corrected chi connectivity index (χ2v) is 5.65. The summed E-state index contributed by atoms with van der Waals surface area (Å²) in [5.74, 6) is 1.75. The first-order valence-corrected chi connectivity index (χ1v) is 7.18. The van der Waals surface area contributed by atoms with Gasteiger partial charge in [-0.2, -0.15) is 0 Å². The Morgan fingerprint density at radius 3 is 2.20 bits per heavy atom. The molecule has 0 amide bonds. The van der Waals surface area contributed by atoms with Crippen LogP contribution < -0.4 is 5.32 Å². The average molecular weight is 269 g/mol. The van der Waals surface area contributed by atoms with E-state index in [4.69, 9.17) is 0 Å². The topological polar surface area (TPSA) is 37.8 Å². The molecule has 0 aliphatic heterocycles. The summed E-state index contributed by atoms with van der Waals surface area (Å²) in [6.45, 7) is 8.94. The molecule has 1 unspecified atom stereocenters. The number of aryl methyl sites for hydroxylation is 1. The summed E-state index contributed by atoms with van der Waals surface area (Å²) in [7, 11) is 0. The van der Waals surface area contributed by atoms with Gasteiger partial charge in [0.15, 0.2) is 0 Å². The Morgan fingerprint density at radius 2 is 1.60 bits per heavy atom. The van der Waals surface area contributed by atoms with E-state index in [2.05, 4.69) is 67.2 Å². The van der Waals surface area contributed by atoms with Crippen LogP contribution in [-0.2, 0) is 0 Å². The Hall–Kier alpha value is -1.90. The normalized spacial score (nSPS) is 14.1. The largest absolute Gasteiger partial charge is 0.347 e. The summed E-state index contributed by atoms with van der Waals surface area (Å²) in [4.78, 5) is 8.59. The van der Waals surface area contributed by atoms with Crippen LogP contribution in [0.2, 0.25) is 0 Å². The zero-order valence-corrected chi connectivity index (χ0v) is 12.7. The molecule has 2 rings (SSSR count). The Balaban J connectivity index is 2.33. The van der Waals surface area contributed by atoms with Crippen molar-refractivity contribution in [3.8, 4) is 0 Å². The van der Waals surface area contributed by atoms with Gasteiger partial charge in [-0.3, -0.25) is 0 Å². The van der Waals surface area contributed by atoms with Gasteiger partial charge in [0.25, 0.3) is 0 Å². The first-order valence-electron chi connectivity index (χ1n) is 7.18. The Bertz CT molecular complexity index is 537. The van der Waals surface area contributed by atoms with Gasteiger partial charge in [0, 0.05) is 12.4 Å². The summed E-state index contributed by atoms with van der Waals surface area (Å²) in [6, 6.07) is 10.6. The molecule has 20 heavy (non-hydrogen) atoms. The van der Waals surface area contributed by atoms with Gasteiger partial charge in [0.1, 0.15) is 0 Å². The number of hydrogen-bond donors (Lipinski definition) is 1. The van der Waals surface area contributed by atoms with Crippen molar-refractivity contribution in [3.63, 3.8) is 0 Å². The van der Waals surface area contributed by atoms with Crippen molar-refractivity contribution < 1.29 is 0 Å². The lowest BCUT2D eigenvalue weighted by molar-refractivity contribution is 0.367. The smallest absolute Gasteiger partial charge is 0.223 e. The number of nitrogens with zero attached hydrogens (tertiary/aromatic N) is 2. The molecular formula is C17H23N3. The SMILES string of the molecule is Cc1ccccc1C(Nc1ncccn1)[C@@H](C)C(C)C. The highest BCUT2D eigenvalue weighted by molar-refractivity contribution is 5.36. The number of rotatable bonds is 5. The quantitative estimate of drug-likeness (QED) is 0.882. The molecule has 106 valence electrons. The summed E-state index contributed by atoms with van der Waals surface area (Å²) in [5.41, 5.74) is 2.62. The lowest BCUT2D eigenvalue weighted by Crippen LogP contribution is -2.24. The van der Waals surface area contributed by atoms with Gasteiger partial charge >= 0.3 is 0 Å². The molecule has 1 aromatic heterocycles. The van der Waals surface area contributed by atoms with Crippen LogP contribution in [0.3, 0.4) is 0 Å². The van der Waals surface area contributed by atoms with E-state index >= 15 is 0 Å². The molecule has 1 heterocycles. The monoisotopic (exact) mass is 269 g/mol. The molecule has 0 bridgehead atoms. The molecule has 1 N–H and O–H groups in total. The summed E-state index contributed by atoms with van der Waals surface area (Å²) < 4.78 is 0. The van der Waals surface area contributed by atoms with Crippen LogP contribution in [0.25, 0.3) is 0 Å². The second kappa shape index (κ2) is 6.51. The van der Waals surface area contributed by atoms with E-state index in [1.54, 1.807) is 12.4 Å². The molecule has 0 spiro atoms. The fourth-order valence-corrected chi connectivity index (χ4v) is 2.33. The van der Waals surface area contributed by atoms with E-state index in [9.17, 15) is 0 Å². The average Bonchev–Trinajstić information content (AvgIpc) is 2.46. The molecule has 0 aliphatic carbocycles.